The van der Waals surface area contributed by atoms with Crippen LogP contribution in [0.1, 0.15) is 11.1 Å². The molecule has 0 atom stereocenters. The quantitative estimate of drug-likeness (QED) is 0.706. The fraction of sp³-hybridized carbons (Fsp3) is 0.455. The molecule has 1 aromatic rings. The molecule has 72 valence electrons. The van der Waals surface area contributed by atoms with Gasteiger partial charge in [-0.05, 0) is 26.0 Å². The molecule has 0 spiro atoms. The van der Waals surface area contributed by atoms with Crippen molar-refractivity contribution < 1.29 is 0 Å². The third kappa shape index (κ3) is 3.57. The standard InChI is InChI=1S/C11H18N2/c1-10-4-3-5-11(8-10)6-7-13(2)9-12/h3-5,8H,6-7,9,12H2,1-2H3. The smallest absolute Gasteiger partial charge is 0.0452 e. The van der Waals surface area contributed by atoms with Crippen molar-refractivity contribution in [3.63, 3.8) is 0 Å². The van der Waals surface area contributed by atoms with Gasteiger partial charge in [0.05, 0.1) is 0 Å². The molecule has 0 aromatic heterocycles. The maximum absolute atomic E-state index is 5.49. The summed E-state index contributed by atoms with van der Waals surface area (Å²) in [6.45, 7) is 3.78. The van der Waals surface area contributed by atoms with Gasteiger partial charge >= 0.3 is 0 Å². The van der Waals surface area contributed by atoms with Crippen LogP contribution in [0.3, 0.4) is 0 Å². The Morgan fingerprint density at radius 2 is 2.15 bits per heavy atom. The average molecular weight is 178 g/mol. The first-order valence-electron chi connectivity index (χ1n) is 4.66. The van der Waals surface area contributed by atoms with Gasteiger partial charge < -0.3 is 5.73 Å². The third-order valence-electron chi connectivity index (χ3n) is 2.18. The van der Waals surface area contributed by atoms with Crippen LogP contribution in [0.2, 0.25) is 0 Å². The van der Waals surface area contributed by atoms with E-state index in [0.717, 1.165) is 13.0 Å². The van der Waals surface area contributed by atoms with Crippen LogP contribution in [0.5, 0.6) is 0 Å². The zero-order valence-corrected chi connectivity index (χ0v) is 8.46. The lowest BCUT2D eigenvalue weighted by Crippen LogP contribution is -2.27. The van der Waals surface area contributed by atoms with Gasteiger partial charge in [0, 0.05) is 13.2 Å². The molecule has 1 aromatic carbocycles. The molecule has 0 radical (unpaired) electrons. The van der Waals surface area contributed by atoms with Crippen molar-refractivity contribution in [2.45, 2.75) is 13.3 Å². The highest BCUT2D eigenvalue weighted by Gasteiger charge is 1.96. The molecule has 0 saturated carbocycles. The molecule has 0 aliphatic rings. The number of likely N-dealkylation sites (N-methyl/N-ethyl adjacent to an activating group) is 1. The van der Waals surface area contributed by atoms with Gasteiger partial charge in [-0.15, -0.1) is 0 Å². The van der Waals surface area contributed by atoms with Crippen LogP contribution in [0.15, 0.2) is 24.3 Å². The van der Waals surface area contributed by atoms with E-state index >= 15 is 0 Å². The highest BCUT2D eigenvalue weighted by atomic mass is 15.1. The van der Waals surface area contributed by atoms with Gasteiger partial charge in [-0.1, -0.05) is 29.8 Å². The van der Waals surface area contributed by atoms with Crippen molar-refractivity contribution in [3.8, 4) is 0 Å². The Labute approximate surface area is 80.4 Å². The summed E-state index contributed by atoms with van der Waals surface area (Å²) in [6.07, 6.45) is 1.08. The van der Waals surface area contributed by atoms with Crippen LogP contribution in [0.25, 0.3) is 0 Å². The van der Waals surface area contributed by atoms with Crippen molar-refractivity contribution in [2.24, 2.45) is 5.73 Å². The Balaban J connectivity index is 2.45. The second-order valence-corrected chi connectivity index (χ2v) is 3.50. The monoisotopic (exact) mass is 178 g/mol. The Hall–Kier alpha value is -0.860. The largest absolute Gasteiger partial charge is 0.318 e. The third-order valence-corrected chi connectivity index (χ3v) is 2.18. The van der Waals surface area contributed by atoms with Gasteiger partial charge in [0.25, 0.3) is 0 Å². The first kappa shape index (κ1) is 10.2. The fourth-order valence-corrected chi connectivity index (χ4v) is 1.28. The second-order valence-electron chi connectivity index (χ2n) is 3.50. The predicted molar refractivity (Wildman–Crippen MR) is 56.6 cm³/mol. The van der Waals surface area contributed by atoms with Crippen LogP contribution in [0.4, 0.5) is 0 Å². The van der Waals surface area contributed by atoms with Crippen molar-refractivity contribution in [2.75, 3.05) is 20.3 Å². The normalized spacial score (nSPS) is 10.8. The lowest BCUT2D eigenvalue weighted by atomic mass is 10.1. The van der Waals surface area contributed by atoms with Gasteiger partial charge in [-0.2, -0.15) is 0 Å². The summed E-state index contributed by atoms with van der Waals surface area (Å²) in [6, 6.07) is 8.62. The van der Waals surface area contributed by atoms with Gasteiger partial charge in [-0.25, -0.2) is 0 Å². The predicted octanol–water partition coefficient (Wildman–Crippen LogP) is 1.39. The van der Waals surface area contributed by atoms with E-state index < -0.39 is 0 Å². The van der Waals surface area contributed by atoms with Crippen LogP contribution >= 0.6 is 0 Å². The summed E-state index contributed by atoms with van der Waals surface area (Å²) >= 11 is 0. The molecule has 0 unspecified atom stereocenters. The topological polar surface area (TPSA) is 29.3 Å². The zero-order valence-electron chi connectivity index (χ0n) is 8.46. The summed E-state index contributed by atoms with van der Waals surface area (Å²) in [5, 5.41) is 0. The van der Waals surface area contributed by atoms with Crippen LogP contribution < -0.4 is 5.73 Å². The number of benzene rings is 1. The molecule has 2 heteroatoms. The van der Waals surface area contributed by atoms with E-state index in [9.17, 15) is 0 Å². The lowest BCUT2D eigenvalue weighted by Gasteiger charge is -2.13. The first-order valence-corrected chi connectivity index (χ1v) is 4.66. The number of hydrogen-bond donors (Lipinski definition) is 1. The van der Waals surface area contributed by atoms with E-state index in [2.05, 4.69) is 36.1 Å². The molecular weight excluding hydrogens is 160 g/mol. The van der Waals surface area contributed by atoms with E-state index in [1.165, 1.54) is 11.1 Å². The van der Waals surface area contributed by atoms with Gasteiger partial charge in [0.1, 0.15) is 0 Å². The van der Waals surface area contributed by atoms with Crippen LogP contribution in [0, 0.1) is 6.92 Å². The highest BCUT2D eigenvalue weighted by Crippen LogP contribution is 2.04. The molecule has 0 bridgehead atoms. The molecule has 2 N–H and O–H groups in total. The van der Waals surface area contributed by atoms with Crippen molar-refractivity contribution in [1.29, 1.82) is 0 Å². The van der Waals surface area contributed by atoms with Crippen LogP contribution in [-0.2, 0) is 6.42 Å². The maximum Gasteiger partial charge on any atom is 0.0452 e. The Morgan fingerprint density at radius 3 is 2.77 bits per heavy atom. The molecule has 0 heterocycles. The average Bonchev–Trinajstić information content (AvgIpc) is 2.14. The van der Waals surface area contributed by atoms with E-state index in [4.69, 9.17) is 5.73 Å². The first-order chi connectivity index (χ1) is 6.22. The Morgan fingerprint density at radius 1 is 1.38 bits per heavy atom. The summed E-state index contributed by atoms with van der Waals surface area (Å²) in [5.74, 6) is 0. The molecule has 0 aliphatic heterocycles. The van der Waals surface area contributed by atoms with E-state index in [0.29, 0.717) is 6.67 Å². The maximum atomic E-state index is 5.49. The summed E-state index contributed by atoms with van der Waals surface area (Å²) in [5.41, 5.74) is 8.21. The Bertz CT molecular complexity index is 258. The number of nitrogens with two attached hydrogens (primary N) is 1. The summed E-state index contributed by atoms with van der Waals surface area (Å²) in [7, 11) is 2.04. The molecule has 2 nitrogen and oxygen atoms in total. The van der Waals surface area contributed by atoms with Crippen molar-refractivity contribution >= 4 is 0 Å². The molecular formula is C11H18N2. The number of rotatable bonds is 4. The van der Waals surface area contributed by atoms with Crippen molar-refractivity contribution in [1.82, 2.24) is 4.90 Å². The van der Waals surface area contributed by atoms with Gasteiger partial charge in [0.2, 0.25) is 0 Å². The molecule has 13 heavy (non-hydrogen) atoms. The summed E-state index contributed by atoms with van der Waals surface area (Å²) < 4.78 is 0. The molecule has 0 amide bonds. The minimum atomic E-state index is 0.631. The molecule has 0 saturated heterocycles. The lowest BCUT2D eigenvalue weighted by molar-refractivity contribution is 0.349. The fourth-order valence-electron chi connectivity index (χ4n) is 1.28. The molecule has 0 aliphatic carbocycles. The zero-order chi connectivity index (χ0) is 9.68. The van der Waals surface area contributed by atoms with Gasteiger partial charge in [0.15, 0.2) is 0 Å². The molecule has 0 fully saturated rings. The highest BCUT2D eigenvalue weighted by molar-refractivity contribution is 5.22. The minimum absolute atomic E-state index is 0.631. The van der Waals surface area contributed by atoms with Crippen molar-refractivity contribution in [3.05, 3.63) is 35.4 Å². The second kappa shape index (κ2) is 5.00. The van der Waals surface area contributed by atoms with Crippen LogP contribution in [-0.4, -0.2) is 25.2 Å². The van der Waals surface area contributed by atoms with E-state index in [1.54, 1.807) is 0 Å². The number of aryl methyl sites for hydroxylation is 1. The number of nitrogens with zero attached hydrogens (tertiary/aromatic N) is 1. The molecule has 1 rings (SSSR count). The van der Waals surface area contributed by atoms with Gasteiger partial charge in [-0.3, -0.25) is 4.90 Å². The summed E-state index contributed by atoms with van der Waals surface area (Å²) in [4.78, 5) is 2.11. The number of hydrogen-bond acceptors (Lipinski definition) is 2. The van der Waals surface area contributed by atoms with E-state index in [-0.39, 0.29) is 0 Å². The van der Waals surface area contributed by atoms with E-state index in [1.807, 2.05) is 7.05 Å². The minimum Gasteiger partial charge on any atom is -0.318 e. The Kier molecular flexibility index (Phi) is 3.93. The SMILES string of the molecule is Cc1cccc(CCN(C)CN)c1.